The molecule has 0 spiro atoms. The van der Waals surface area contributed by atoms with Crippen LogP contribution in [0, 0.1) is 11.3 Å². The first-order valence-electron chi connectivity index (χ1n) is 7.50. The Morgan fingerprint density at radius 3 is 2.78 bits per heavy atom. The fraction of sp³-hybridized carbons (Fsp3) is 1.00. The summed E-state index contributed by atoms with van der Waals surface area (Å²) in [6.45, 7) is 12.5. The predicted molar refractivity (Wildman–Crippen MR) is 75.8 cm³/mol. The lowest BCUT2D eigenvalue weighted by molar-refractivity contribution is -0.112. The molecule has 3 heteroatoms. The summed E-state index contributed by atoms with van der Waals surface area (Å²) < 4.78 is 5.83. The Kier molecular flexibility index (Phi) is 4.35. The molecule has 3 unspecified atom stereocenters. The van der Waals surface area contributed by atoms with Gasteiger partial charge in [0.05, 0.1) is 6.10 Å². The van der Waals surface area contributed by atoms with Crippen molar-refractivity contribution in [1.82, 2.24) is 10.2 Å². The van der Waals surface area contributed by atoms with Crippen molar-refractivity contribution in [3.63, 3.8) is 0 Å². The number of hydrogen-bond acceptors (Lipinski definition) is 3. The Balaban J connectivity index is 1.68. The van der Waals surface area contributed by atoms with Crippen molar-refractivity contribution in [3.8, 4) is 0 Å². The summed E-state index contributed by atoms with van der Waals surface area (Å²) in [5.74, 6) is 0.767. The zero-order chi connectivity index (χ0) is 13.3. The standard InChI is InChI=1S/C15H30N2O/c1-11(2)17(5)9-6-8-16-13-12-7-10-18-14(12)15(13,3)4/h11-14,16H,6-10H2,1-5H3. The van der Waals surface area contributed by atoms with Crippen molar-refractivity contribution < 1.29 is 4.74 Å². The SMILES string of the molecule is CC(C)N(C)CCCNC1C2CCOC2C1(C)C. The summed E-state index contributed by atoms with van der Waals surface area (Å²) in [6, 6.07) is 1.31. The summed E-state index contributed by atoms with van der Waals surface area (Å²) in [5.41, 5.74) is 0.325. The van der Waals surface area contributed by atoms with Crippen LogP contribution in [-0.2, 0) is 4.74 Å². The van der Waals surface area contributed by atoms with Crippen LogP contribution in [0.15, 0.2) is 0 Å². The van der Waals surface area contributed by atoms with E-state index >= 15 is 0 Å². The van der Waals surface area contributed by atoms with Gasteiger partial charge < -0.3 is 15.0 Å². The van der Waals surface area contributed by atoms with Gasteiger partial charge in [0, 0.05) is 30.0 Å². The van der Waals surface area contributed by atoms with Gasteiger partial charge in [-0.25, -0.2) is 0 Å². The molecule has 0 amide bonds. The molecule has 2 rings (SSSR count). The highest BCUT2D eigenvalue weighted by Gasteiger charge is 2.58. The monoisotopic (exact) mass is 254 g/mol. The van der Waals surface area contributed by atoms with Gasteiger partial charge in [0.15, 0.2) is 0 Å². The highest BCUT2D eigenvalue weighted by atomic mass is 16.5. The second-order valence-corrected chi connectivity index (χ2v) is 6.92. The topological polar surface area (TPSA) is 24.5 Å². The van der Waals surface area contributed by atoms with Crippen molar-refractivity contribution in [3.05, 3.63) is 0 Å². The van der Waals surface area contributed by atoms with Crippen LogP contribution in [0.3, 0.4) is 0 Å². The van der Waals surface area contributed by atoms with E-state index in [4.69, 9.17) is 4.74 Å². The molecule has 0 bridgehead atoms. The van der Waals surface area contributed by atoms with Crippen molar-refractivity contribution in [2.75, 3.05) is 26.7 Å². The Morgan fingerprint density at radius 2 is 2.11 bits per heavy atom. The largest absolute Gasteiger partial charge is 0.377 e. The van der Waals surface area contributed by atoms with Crippen LogP contribution in [0.4, 0.5) is 0 Å². The number of ether oxygens (including phenoxy) is 1. The fourth-order valence-corrected chi connectivity index (χ4v) is 3.58. The number of nitrogens with zero attached hydrogens (tertiary/aromatic N) is 1. The van der Waals surface area contributed by atoms with Crippen molar-refractivity contribution in [2.24, 2.45) is 11.3 Å². The number of nitrogens with one attached hydrogen (secondary N) is 1. The van der Waals surface area contributed by atoms with E-state index in [1.165, 1.54) is 19.4 Å². The van der Waals surface area contributed by atoms with Gasteiger partial charge in [-0.3, -0.25) is 0 Å². The van der Waals surface area contributed by atoms with Crippen molar-refractivity contribution >= 4 is 0 Å². The van der Waals surface area contributed by atoms with Gasteiger partial charge in [-0.1, -0.05) is 13.8 Å². The van der Waals surface area contributed by atoms with Crippen LogP contribution in [0.5, 0.6) is 0 Å². The average Bonchev–Trinajstić information content (AvgIpc) is 2.74. The van der Waals surface area contributed by atoms with E-state index in [9.17, 15) is 0 Å². The number of fused-ring (bicyclic) bond motifs is 1. The maximum atomic E-state index is 5.83. The zero-order valence-electron chi connectivity index (χ0n) is 12.7. The summed E-state index contributed by atoms with van der Waals surface area (Å²) in [5, 5.41) is 3.77. The van der Waals surface area contributed by atoms with Crippen LogP contribution < -0.4 is 5.32 Å². The van der Waals surface area contributed by atoms with E-state index < -0.39 is 0 Å². The molecular formula is C15H30N2O. The molecule has 0 aromatic heterocycles. The molecule has 0 aromatic rings. The third-order valence-electron chi connectivity index (χ3n) is 5.03. The van der Waals surface area contributed by atoms with E-state index in [0.717, 1.165) is 19.1 Å². The quantitative estimate of drug-likeness (QED) is 0.735. The molecule has 3 nitrogen and oxygen atoms in total. The van der Waals surface area contributed by atoms with Crippen LogP contribution in [0.2, 0.25) is 0 Å². The molecule has 1 aliphatic heterocycles. The lowest BCUT2D eigenvalue weighted by Crippen LogP contribution is -2.65. The molecule has 0 aromatic carbocycles. The van der Waals surface area contributed by atoms with Gasteiger partial charge in [-0.15, -0.1) is 0 Å². The van der Waals surface area contributed by atoms with Crippen molar-refractivity contribution in [2.45, 2.75) is 58.7 Å². The summed E-state index contributed by atoms with van der Waals surface area (Å²) in [4.78, 5) is 2.41. The minimum absolute atomic E-state index is 0.325. The molecule has 1 saturated heterocycles. The van der Waals surface area contributed by atoms with Crippen LogP contribution in [0.1, 0.15) is 40.5 Å². The minimum atomic E-state index is 0.325. The van der Waals surface area contributed by atoms with Gasteiger partial charge in [0.2, 0.25) is 0 Å². The average molecular weight is 254 g/mol. The zero-order valence-corrected chi connectivity index (χ0v) is 12.7. The second kappa shape index (κ2) is 5.48. The van der Waals surface area contributed by atoms with Gasteiger partial charge in [-0.2, -0.15) is 0 Å². The predicted octanol–water partition coefficient (Wildman–Crippen LogP) is 2.12. The Hall–Kier alpha value is -0.120. The van der Waals surface area contributed by atoms with Crippen LogP contribution >= 0.6 is 0 Å². The molecule has 3 atom stereocenters. The second-order valence-electron chi connectivity index (χ2n) is 6.92. The molecular weight excluding hydrogens is 224 g/mol. The molecule has 1 heterocycles. The number of rotatable bonds is 6. The first-order chi connectivity index (χ1) is 8.44. The fourth-order valence-electron chi connectivity index (χ4n) is 3.58. The molecule has 1 saturated carbocycles. The normalized spacial score (nSPS) is 33.8. The lowest BCUT2D eigenvalue weighted by Gasteiger charge is -2.55. The Labute approximate surface area is 112 Å². The summed E-state index contributed by atoms with van der Waals surface area (Å²) in [7, 11) is 2.21. The van der Waals surface area contributed by atoms with E-state index in [1.54, 1.807) is 0 Å². The molecule has 2 fully saturated rings. The lowest BCUT2D eigenvalue weighted by atomic mass is 9.57. The van der Waals surface area contributed by atoms with Gasteiger partial charge in [-0.05, 0) is 46.8 Å². The molecule has 1 aliphatic carbocycles. The highest BCUT2D eigenvalue weighted by Crippen LogP contribution is 2.51. The van der Waals surface area contributed by atoms with E-state index in [2.05, 4.69) is 45.0 Å². The van der Waals surface area contributed by atoms with Crippen LogP contribution in [-0.4, -0.2) is 49.8 Å². The summed E-state index contributed by atoms with van der Waals surface area (Å²) in [6.07, 6.45) is 2.99. The number of hydrogen-bond donors (Lipinski definition) is 1. The maximum absolute atomic E-state index is 5.83. The van der Waals surface area contributed by atoms with Gasteiger partial charge >= 0.3 is 0 Å². The summed E-state index contributed by atoms with van der Waals surface area (Å²) >= 11 is 0. The highest BCUT2D eigenvalue weighted by molar-refractivity contribution is 5.11. The first kappa shape index (κ1) is 14.3. The van der Waals surface area contributed by atoms with Gasteiger partial charge in [0.25, 0.3) is 0 Å². The van der Waals surface area contributed by atoms with E-state index in [0.29, 0.717) is 23.6 Å². The third kappa shape index (κ3) is 2.59. The maximum Gasteiger partial charge on any atom is 0.0685 e. The minimum Gasteiger partial charge on any atom is -0.377 e. The molecule has 18 heavy (non-hydrogen) atoms. The Morgan fingerprint density at radius 1 is 1.39 bits per heavy atom. The van der Waals surface area contributed by atoms with Crippen molar-refractivity contribution in [1.29, 1.82) is 0 Å². The third-order valence-corrected chi connectivity index (χ3v) is 5.03. The van der Waals surface area contributed by atoms with E-state index in [1.807, 2.05) is 0 Å². The molecule has 1 N–H and O–H groups in total. The Bertz CT molecular complexity index is 278. The smallest absolute Gasteiger partial charge is 0.0685 e. The van der Waals surface area contributed by atoms with Gasteiger partial charge in [0.1, 0.15) is 0 Å². The molecule has 0 radical (unpaired) electrons. The van der Waals surface area contributed by atoms with Crippen LogP contribution in [0.25, 0.3) is 0 Å². The molecule has 2 aliphatic rings. The van der Waals surface area contributed by atoms with E-state index in [-0.39, 0.29) is 0 Å². The molecule has 106 valence electrons. The first-order valence-corrected chi connectivity index (χ1v) is 7.50.